The number of rotatable bonds is 0. The third kappa shape index (κ3) is 0.633. The summed E-state index contributed by atoms with van der Waals surface area (Å²) in [6.07, 6.45) is 5.54. The third-order valence-corrected chi connectivity index (χ3v) is 1.43. The zero-order valence-corrected chi connectivity index (χ0v) is 4.91. The average molecular weight is 118 g/mol. The Hall–Kier alpha value is -1.18. The van der Waals surface area contributed by atoms with E-state index in [4.69, 9.17) is 0 Å². The number of nitrogens with zero attached hydrogens (tertiary/aromatic N) is 2. The van der Waals surface area contributed by atoms with Crippen molar-refractivity contribution in [2.75, 3.05) is 0 Å². The van der Waals surface area contributed by atoms with E-state index in [9.17, 15) is 0 Å². The molecule has 43 valence electrons. The Morgan fingerprint density at radius 3 is 3.44 bits per heavy atom. The largest absolute Gasteiger partial charge is 0.264 e. The molecule has 2 nitrogen and oxygen atoms in total. The molecule has 1 radical (unpaired) electrons. The van der Waals surface area contributed by atoms with Crippen LogP contribution in [0.15, 0.2) is 18.5 Å². The standard InChI is InChI=1S/C7H6N2/c1-2-8-4-7-5-9-3-6(1)7/h1-4H,5H2/q+1. The predicted octanol–water partition coefficient (Wildman–Crippen LogP) is 0.350. The molecule has 0 aliphatic carbocycles. The van der Waals surface area contributed by atoms with Crippen LogP contribution in [0.5, 0.6) is 0 Å². The van der Waals surface area contributed by atoms with E-state index in [1.54, 1.807) is 6.20 Å². The first-order chi connectivity index (χ1) is 4.47. The van der Waals surface area contributed by atoms with Gasteiger partial charge in [0.15, 0.2) is 0 Å². The van der Waals surface area contributed by atoms with E-state index in [0.717, 1.165) is 6.54 Å². The average Bonchev–Trinajstić information content (AvgIpc) is 2.33. The van der Waals surface area contributed by atoms with Crippen molar-refractivity contribution in [3.05, 3.63) is 29.6 Å². The van der Waals surface area contributed by atoms with Gasteiger partial charge in [-0.3, -0.25) is 4.98 Å². The van der Waals surface area contributed by atoms with Gasteiger partial charge in [0, 0.05) is 17.4 Å². The van der Waals surface area contributed by atoms with Crippen molar-refractivity contribution in [1.82, 2.24) is 9.98 Å². The van der Waals surface area contributed by atoms with Crippen molar-refractivity contribution >= 4 is 6.21 Å². The maximum absolute atomic E-state index is 4.09. The van der Waals surface area contributed by atoms with Gasteiger partial charge in [-0.05, 0) is 6.07 Å². The number of hydrogen-bond acceptors (Lipinski definition) is 2. The van der Waals surface area contributed by atoms with Gasteiger partial charge in [0.1, 0.15) is 0 Å². The summed E-state index contributed by atoms with van der Waals surface area (Å²) < 4.78 is 0. The lowest BCUT2D eigenvalue weighted by Crippen LogP contribution is -1.83. The number of hydrogen-bond donors (Lipinski definition) is 0. The topological polar surface area (TPSA) is 27.0 Å². The summed E-state index contributed by atoms with van der Waals surface area (Å²) in [4.78, 5) is 8.06. The smallest absolute Gasteiger partial charge is 0.243 e. The highest BCUT2D eigenvalue weighted by Gasteiger charge is 2.13. The highest BCUT2D eigenvalue weighted by Crippen LogP contribution is 2.06. The Balaban J connectivity index is 2.63. The molecule has 0 saturated heterocycles. The molecule has 0 fully saturated rings. The van der Waals surface area contributed by atoms with Crippen LogP contribution in [0.4, 0.5) is 0 Å². The van der Waals surface area contributed by atoms with Crippen LogP contribution >= 0.6 is 0 Å². The molecule has 0 unspecified atom stereocenters. The molecule has 0 N–H and O–H groups in total. The number of fused-ring (bicyclic) bond motifs is 1. The van der Waals surface area contributed by atoms with Crippen LogP contribution in [0.1, 0.15) is 11.1 Å². The van der Waals surface area contributed by atoms with Gasteiger partial charge >= 0.3 is 0 Å². The van der Waals surface area contributed by atoms with Crippen LogP contribution in [0.25, 0.3) is 0 Å². The second-order valence-electron chi connectivity index (χ2n) is 2.04. The zero-order valence-electron chi connectivity index (χ0n) is 4.91. The number of pyridine rings is 1. The summed E-state index contributed by atoms with van der Waals surface area (Å²) in [5, 5.41) is 0. The quantitative estimate of drug-likeness (QED) is 0.483. The van der Waals surface area contributed by atoms with Gasteiger partial charge in [0.25, 0.3) is 0 Å². The van der Waals surface area contributed by atoms with Gasteiger partial charge in [-0.2, -0.15) is 0 Å². The molecule has 0 spiro atoms. The summed E-state index contributed by atoms with van der Waals surface area (Å²) in [7, 11) is 0. The number of aliphatic imine (C=N–C) groups is 1. The molecule has 1 aliphatic heterocycles. The Morgan fingerprint density at radius 1 is 1.56 bits per heavy atom. The lowest BCUT2D eigenvalue weighted by atomic mass is 10.2. The Morgan fingerprint density at radius 2 is 2.56 bits per heavy atom. The highest BCUT2D eigenvalue weighted by molar-refractivity contribution is 5.82. The highest BCUT2D eigenvalue weighted by atomic mass is 14.7. The van der Waals surface area contributed by atoms with Crippen LogP contribution < -0.4 is 4.99 Å². The zero-order chi connectivity index (χ0) is 6.10. The van der Waals surface area contributed by atoms with Crippen molar-refractivity contribution in [3.8, 4) is 0 Å². The molecule has 2 heteroatoms. The fourth-order valence-electron chi connectivity index (χ4n) is 0.938. The van der Waals surface area contributed by atoms with E-state index in [-0.39, 0.29) is 0 Å². The minimum atomic E-state index is 0.809. The minimum absolute atomic E-state index is 0.809. The van der Waals surface area contributed by atoms with Crippen molar-refractivity contribution in [2.24, 2.45) is 0 Å². The molecule has 1 aliphatic rings. The van der Waals surface area contributed by atoms with Gasteiger partial charge in [0.05, 0.1) is 11.1 Å². The van der Waals surface area contributed by atoms with Gasteiger partial charge in [-0.15, -0.1) is 0 Å². The summed E-state index contributed by atoms with van der Waals surface area (Å²) in [6, 6.07) is 1.98. The van der Waals surface area contributed by atoms with Crippen LogP contribution in [-0.2, 0) is 6.54 Å². The monoisotopic (exact) mass is 118 g/mol. The lowest BCUT2D eigenvalue weighted by Gasteiger charge is -1.85. The maximum atomic E-state index is 4.09. The summed E-state index contributed by atoms with van der Waals surface area (Å²) in [5.74, 6) is 0. The molecular formula is C7H6N2+. The normalized spacial score (nSPS) is 13.8. The molecule has 0 bridgehead atoms. The minimum Gasteiger partial charge on any atom is -0.264 e. The van der Waals surface area contributed by atoms with Crippen molar-refractivity contribution < 1.29 is 0 Å². The number of aromatic nitrogens is 1. The lowest BCUT2D eigenvalue weighted by molar-refractivity contribution is 0.993. The second kappa shape index (κ2) is 1.65. The summed E-state index contributed by atoms with van der Waals surface area (Å²) in [5.41, 5.74) is 2.45. The van der Waals surface area contributed by atoms with Crippen LogP contribution in [0.2, 0.25) is 0 Å². The SMILES string of the molecule is C1=[N+]Cc2cnccc21. The third-order valence-electron chi connectivity index (χ3n) is 1.43. The Kier molecular flexibility index (Phi) is 0.859. The molecule has 2 rings (SSSR count). The van der Waals surface area contributed by atoms with Gasteiger partial charge in [-0.25, -0.2) is 0 Å². The molecular weight excluding hydrogens is 112 g/mol. The van der Waals surface area contributed by atoms with Crippen molar-refractivity contribution in [2.45, 2.75) is 6.54 Å². The maximum Gasteiger partial charge on any atom is 0.243 e. The summed E-state index contributed by atoms with van der Waals surface area (Å²) in [6.45, 7) is 0.809. The fourth-order valence-corrected chi connectivity index (χ4v) is 0.938. The van der Waals surface area contributed by atoms with Crippen LogP contribution in [0.3, 0.4) is 0 Å². The molecule has 1 aromatic heterocycles. The summed E-state index contributed by atoms with van der Waals surface area (Å²) >= 11 is 0. The van der Waals surface area contributed by atoms with Crippen LogP contribution in [-0.4, -0.2) is 11.2 Å². The molecule has 0 atom stereocenters. The van der Waals surface area contributed by atoms with Crippen molar-refractivity contribution in [3.63, 3.8) is 0 Å². The molecule has 2 heterocycles. The molecule has 0 aromatic carbocycles. The molecule has 1 aromatic rings. The van der Waals surface area contributed by atoms with E-state index in [0.29, 0.717) is 0 Å². The first kappa shape index (κ1) is 4.68. The first-order valence-electron chi connectivity index (χ1n) is 2.89. The first-order valence-corrected chi connectivity index (χ1v) is 2.89. The Labute approximate surface area is 53.3 Å². The van der Waals surface area contributed by atoms with Crippen LogP contribution in [0, 0.1) is 0 Å². The van der Waals surface area contributed by atoms with E-state index >= 15 is 0 Å². The molecule has 9 heavy (non-hydrogen) atoms. The Bertz CT molecular complexity index is 253. The molecule has 0 amide bonds. The second-order valence-corrected chi connectivity index (χ2v) is 2.04. The van der Waals surface area contributed by atoms with E-state index in [1.165, 1.54) is 11.1 Å². The van der Waals surface area contributed by atoms with E-state index < -0.39 is 0 Å². The van der Waals surface area contributed by atoms with Crippen molar-refractivity contribution in [1.29, 1.82) is 0 Å². The fraction of sp³-hybridized carbons (Fsp3) is 0.143. The van der Waals surface area contributed by atoms with E-state index in [1.807, 2.05) is 18.5 Å². The predicted molar refractivity (Wildman–Crippen MR) is 35.2 cm³/mol. The van der Waals surface area contributed by atoms with E-state index in [2.05, 4.69) is 9.98 Å². The van der Waals surface area contributed by atoms with Gasteiger partial charge < -0.3 is 0 Å². The van der Waals surface area contributed by atoms with Gasteiger partial charge in [-0.1, -0.05) is 0 Å². The molecule has 0 saturated carbocycles. The van der Waals surface area contributed by atoms with Gasteiger partial charge in [0.2, 0.25) is 12.8 Å².